The highest BCUT2D eigenvalue weighted by Crippen LogP contribution is 2.28. The largest absolute Gasteiger partial charge is 0.753 e. The Balaban J connectivity index is -0.000000311. The number of rotatable bonds is 24. The number of nitrogens with zero attached hydrogens (tertiary/aromatic N) is 4. The summed E-state index contributed by atoms with van der Waals surface area (Å²) in [6, 6.07) is 0. The molecular formula is C40H72F3I3N4S2. The first-order chi connectivity index (χ1) is 24.8. The lowest BCUT2D eigenvalue weighted by atomic mass is 10.1. The molecule has 0 aliphatic heterocycles. The number of halogens is 6. The van der Waals surface area contributed by atoms with Crippen LogP contribution in [0.5, 0.6) is 0 Å². The lowest BCUT2D eigenvalue weighted by molar-refractivity contribution is -0.929. The van der Waals surface area contributed by atoms with Crippen molar-refractivity contribution in [3.05, 3.63) is 39.0 Å². The van der Waals surface area contributed by atoms with E-state index in [-0.39, 0.29) is 10.7 Å². The molecule has 1 rings (SSSR count). The number of thiocarbonyl (C=S) groups is 2. The first-order valence-electron chi connectivity index (χ1n) is 19.7. The van der Waals surface area contributed by atoms with Gasteiger partial charge >= 0.3 is 0 Å². The maximum Gasteiger partial charge on any atom is 0.155 e. The topological polar surface area (TPSA) is 44.6 Å². The summed E-state index contributed by atoms with van der Waals surface area (Å²) in [6.45, 7) is 30.0. The lowest BCUT2D eigenvalue weighted by Gasteiger charge is -2.39. The van der Waals surface area contributed by atoms with Crippen molar-refractivity contribution in [1.29, 1.82) is 0 Å². The molecule has 0 spiro atoms. The number of benzene rings is 1. The molecular weight excluding hydrogens is 1040 g/mol. The summed E-state index contributed by atoms with van der Waals surface area (Å²) in [5.74, 6) is -2.48. The molecule has 1 aromatic rings. The van der Waals surface area contributed by atoms with Gasteiger partial charge in [-0.1, -0.05) is 131 Å². The average molecular weight is 1110 g/mol. The molecule has 306 valence electrons. The van der Waals surface area contributed by atoms with Crippen molar-refractivity contribution in [2.75, 3.05) is 52.4 Å². The van der Waals surface area contributed by atoms with Gasteiger partial charge in [-0.3, -0.25) is 0 Å². The van der Waals surface area contributed by atoms with Gasteiger partial charge in [0.1, 0.15) is 0 Å². The van der Waals surface area contributed by atoms with E-state index in [1.165, 1.54) is 242 Å². The van der Waals surface area contributed by atoms with Gasteiger partial charge < -0.3 is 19.8 Å². The standard InChI is InChI=1S/2C16H36N.C6F3I3.2CNS/c2*1-5-9-13-17(14-10-6-2,15-11-7-3)16-12-8-4;7-1-4(10)2(8)6(12)3(9)5(1)11;2*2-1-3/h2*5-16H2,1-4H3;;;/q2*+1;;2*-1. The number of hydrogen-bond acceptors (Lipinski definition) is 2. The van der Waals surface area contributed by atoms with Crippen LogP contribution in [0.25, 0.3) is 10.8 Å². The van der Waals surface area contributed by atoms with Crippen LogP contribution in [-0.4, -0.2) is 71.6 Å². The molecule has 0 unspecified atom stereocenters. The van der Waals surface area contributed by atoms with E-state index in [4.69, 9.17) is 10.8 Å². The fraction of sp³-hybridized carbons (Fsp3) is 0.800. The Morgan fingerprint density at radius 1 is 0.404 bits per heavy atom. The fourth-order valence-corrected chi connectivity index (χ4v) is 9.03. The minimum absolute atomic E-state index is 0.164. The van der Waals surface area contributed by atoms with Gasteiger partial charge in [-0.25, -0.2) is 13.2 Å². The predicted octanol–water partition coefficient (Wildman–Crippen LogP) is 15.2. The second-order valence-corrected chi connectivity index (χ2v) is 17.0. The molecule has 52 heavy (non-hydrogen) atoms. The van der Waals surface area contributed by atoms with Gasteiger partial charge in [-0.2, -0.15) is 10.3 Å². The van der Waals surface area contributed by atoms with E-state index in [9.17, 15) is 13.2 Å². The SMILES string of the molecule is CCCC[N+](CCCC)(CCCC)CCCC.CCCC[N+](CCCC)(CCCC)CCCC.Fc1c(I)c(F)c(I)c(F)c1I.[N-]=C=S.[N-]=C=S. The molecule has 1 aromatic carbocycles. The van der Waals surface area contributed by atoms with Crippen molar-refractivity contribution < 1.29 is 22.1 Å². The van der Waals surface area contributed by atoms with Crippen LogP contribution in [0.3, 0.4) is 0 Å². The minimum Gasteiger partial charge on any atom is -0.753 e. The maximum atomic E-state index is 12.9. The third kappa shape index (κ3) is 29.9. The van der Waals surface area contributed by atoms with E-state index in [1.807, 2.05) is 0 Å². The molecule has 0 saturated heterocycles. The average Bonchev–Trinajstić information content (AvgIpc) is 3.15. The molecule has 0 amide bonds. The predicted molar refractivity (Wildman–Crippen MR) is 255 cm³/mol. The van der Waals surface area contributed by atoms with Crippen molar-refractivity contribution in [2.45, 2.75) is 158 Å². The van der Waals surface area contributed by atoms with Crippen LogP contribution >= 0.6 is 92.2 Å². The first kappa shape index (κ1) is 59.4. The summed E-state index contributed by atoms with van der Waals surface area (Å²) in [5, 5.41) is 16.9. The number of hydrogen-bond donors (Lipinski definition) is 0. The zero-order chi connectivity index (χ0) is 40.8. The van der Waals surface area contributed by atoms with E-state index >= 15 is 0 Å². The molecule has 0 N–H and O–H groups in total. The molecule has 0 bridgehead atoms. The van der Waals surface area contributed by atoms with Crippen LogP contribution in [0.15, 0.2) is 0 Å². The monoisotopic (exact) mass is 1110 g/mol. The van der Waals surface area contributed by atoms with E-state index in [2.05, 4.69) is 79.8 Å². The highest BCUT2D eigenvalue weighted by atomic mass is 127. The lowest BCUT2D eigenvalue weighted by Crippen LogP contribution is -2.50. The van der Waals surface area contributed by atoms with Gasteiger partial charge in [0, 0.05) is 0 Å². The van der Waals surface area contributed by atoms with Crippen molar-refractivity contribution in [1.82, 2.24) is 0 Å². The van der Waals surface area contributed by atoms with E-state index in [1.54, 1.807) is 0 Å². The molecule has 0 aliphatic rings. The Morgan fingerprint density at radius 2 is 0.519 bits per heavy atom. The molecule has 0 aliphatic carbocycles. The normalized spacial score (nSPS) is 10.6. The van der Waals surface area contributed by atoms with Crippen LogP contribution in [0, 0.1) is 28.2 Å². The maximum absolute atomic E-state index is 12.9. The highest BCUT2D eigenvalue weighted by Gasteiger charge is 2.26. The Hall–Kier alpha value is 0.720. The Kier molecular flexibility index (Phi) is 47.3. The third-order valence-corrected chi connectivity index (χ3v) is 11.9. The van der Waals surface area contributed by atoms with Crippen LogP contribution in [0.4, 0.5) is 13.2 Å². The van der Waals surface area contributed by atoms with Gasteiger partial charge in [-0.15, -0.1) is 0 Å². The van der Waals surface area contributed by atoms with Gasteiger partial charge in [0.25, 0.3) is 0 Å². The van der Waals surface area contributed by atoms with Crippen LogP contribution in [-0.2, 0) is 0 Å². The second-order valence-electron chi connectivity index (χ2n) is 13.4. The fourth-order valence-electron chi connectivity index (χ4n) is 5.87. The van der Waals surface area contributed by atoms with E-state index < -0.39 is 17.5 Å². The summed E-state index contributed by atoms with van der Waals surface area (Å²) in [6.07, 6.45) is 22.1. The molecule has 4 nitrogen and oxygen atoms in total. The second kappa shape index (κ2) is 41.4. The zero-order valence-electron chi connectivity index (χ0n) is 33.8. The van der Waals surface area contributed by atoms with Gasteiger partial charge in [0.15, 0.2) is 17.5 Å². The summed E-state index contributed by atoms with van der Waals surface area (Å²) < 4.78 is 41.2. The van der Waals surface area contributed by atoms with Crippen molar-refractivity contribution in [3.63, 3.8) is 0 Å². The molecule has 0 atom stereocenters. The minimum atomic E-state index is -0.827. The van der Waals surface area contributed by atoms with Crippen LogP contribution in [0.1, 0.15) is 158 Å². The Labute approximate surface area is 370 Å². The van der Waals surface area contributed by atoms with Gasteiger partial charge in [-0.05, 0) is 119 Å². The van der Waals surface area contributed by atoms with Gasteiger partial charge in [0.2, 0.25) is 0 Å². The van der Waals surface area contributed by atoms with Crippen molar-refractivity contribution in [3.8, 4) is 0 Å². The Morgan fingerprint density at radius 3 is 0.615 bits per heavy atom. The van der Waals surface area contributed by atoms with Crippen LogP contribution in [0.2, 0.25) is 0 Å². The number of quaternary nitrogens is 2. The summed E-state index contributed by atoms with van der Waals surface area (Å²) in [5.41, 5.74) is 0. The molecule has 12 heteroatoms. The highest BCUT2D eigenvalue weighted by molar-refractivity contribution is 14.1. The summed E-state index contributed by atoms with van der Waals surface area (Å²) in [4.78, 5) is 0. The third-order valence-electron chi connectivity index (χ3n) is 9.04. The molecule has 0 fully saturated rings. The van der Waals surface area contributed by atoms with Crippen LogP contribution < -0.4 is 0 Å². The smallest absolute Gasteiger partial charge is 0.155 e. The first-order valence-corrected chi connectivity index (χ1v) is 23.7. The van der Waals surface area contributed by atoms with E-state index in [0.717, 1.165) is 0 Å². The molecule has 0 heterocycles. The van der Waals surface area contributed by atoms with Crippen molar-refractivity contribution >= 4 is 103 Å². The summed E-state index contributed by atoms with van der Waals surface area (Å²) in [7, 11) is 0. The van der Waals surface area contributed by atoms with Crippen molar-refractivity contribution in [2.24, 2.45) is 0 Å². The molecule has 0 saturated carbocycles. The quantitative estimate of drug-likeness (QED) is 0.0259. The summed E-state index contributed by atoms with van der Waals surface area (Å²) >= 11 is 11.9. The number of unbranched alkanes of at least 4 members (excludes halogenated alkanes) is 8. The molecule has 0 aromatic heterocycles. The number of isothiocyanates is 2. The Bertz CT molecular complexity index is 827. The van der Waals surface area contributed by atoms with Gasteiger partial charge in [0.05, 0.1) is 63.1 Å². The molecule has 0 radical (unpaired) electrons. The van der Waals surface area contributed by atoms with E-state index in [0.29, 0.717) is 0 Å². The zero-order valence-corrected chi connectivity index (χ0v) is 41.9.